The number of nitrogens with one attached hydrogen (secondary N) is 4. The normalized spacial score (nSPS) is 9.92. The average Bonchev–Trinajstić information content (AvgIpc) is 2.51. The first-order chi connectivity index (χ1) is 11.5. The maximum atomic E-state index is 5.28. The second kappa shape index (κ2) is 9.20. The fourth-order valence-electron chi connectivity index (χ4n) is 2.15. The van der Waals surface area contributed by atoms with Crippen molar-refractivity contribution in [3.05, 3.63) is 59.7 Å². The Hall–Kier alpha value is -2.18. The molecule has 0 spiro atoms. The summed E-state index contributed by atoms with van der Waals surface area (Å²) in [6.07, 6.45) is 0. The summed E-state index contributed by atoms with van der Waals surface area (Å²) in [5.74, 6) is 0. The minimum absolute atomic E-state index is 0.597. The molecule has 0 aliphatic rings. The predicted octanol–water partition coefficient (Wildman–Crippen LogP) is 3.58. The molecule has 126 valence electrons. The molecule has 2 rings (SSSR count). The zero-order chi connectivity index (χ0) is 17.4. The number of aryl methyl sites for hydroxylation is 2. The maximum Gasteiger partial charge on any atom is 0.170 e. The van der Waals surface area contributed by atoms with Crippen molar-refractivity contribution >= 4 is 46.0 Å². The molecule has 24 heavy (non-hydrogen) atoms. The first kappa shape index (κ1) is 18.2. The van der Waals surface area contributed by atoms with Gasteiger partial charge in [-0.15, -0.1) is 0 Å². The number of thiocarbonyl (C=S) groups is 2. The molecule has 4 N–H and O–H groups in total. The van der Waals surface area contributed by atoms with Crippen LogP contribution in [-0.4, -0.2) is 23.3 Å². The lowest BCUT2D eigenvalue weighted by Crippen LogP contribution is -2.38. The summed E-state index contributed by atoms with van der Waals surface area (Å²) in [5, 5.41) is 13.8. The van der Waals surface area contributed by atoms with Gasteiger partial charge in [0.05, 0.1) is 0 Å². The summed E-state index contributed by atoms with van der Waals surface area (Å²) in [4.78, 5) is 0. The Kier molecular flexibility index (Phi) is 6.96. The molecular weight excluding hydrogens is 336 g/mol. The van der Waals surface area contributed by atoms with Crippen LogP contribution in [0.1, 0.15) is 11.1 Å². The Labute approximate surface area is 154 Å². The van der Waals surface area contributed by atoms with E-state index in [1.54, 1.807) is 0 Å². The van der Waals surface area contributed by atoms with Gasteiger partial charge in [0.25, 0.3) is 0 Å². The molecule has 0 saturated carbocycles. The van der Waals surface area contributed by atoms with E-state index in [9.17, 15) is 0 Å². The van der Waals surface area contributed by atoms with Crippen molar-refractivity contribution in [2.75, 3.05) is 23.7 Å². The summed E-state index contributed by atoms with van der Waals surface area (Å²) in [7, 11) is 0. The van der Waals surface area contributed by atoms with Gasteiger partial charge in [-0.05, 0) is 73.7 Å². The molecule has 6 heteroatoms. The number of hydrogen-bond donors (Lipinski definition) is 4. The quantitative estimate of drug-likeness (QED) is 0.484. The molecule has 4 nitrogen and oxygen atoms in total. The van der Waals surface area contributed by atoms with Crippen LogP contribution < -0.4 is 21.3 Å². The van der Waals surface area contributed by atoms with Gasteiger partial charge in [-0.3, -0.25) is 0 Å². The molecule has 0 radical (unpaired) electrons. The van der Waals surface area contributed by atoms with Crippen molar-refractivity contribution in [2.24, 2.45) is 0 Å². The van der Waals surface area contributed by atoms with Gasteiger partial charge in [-0.25, -0.2) is 0 Å². The van der Waals surface area contributed by atoms with Gasteiger partial charge in [0.15, 0.2) is 10.2 Å². The van der Waals surface area contributed by atoms with Crippen molar-refractivity contribution < 1.29 is 0 Å². The molecule has 0 aliphatic carbocycles. The van der Waals surface area contributed by atoms with Gasteiger partial charge in [0.1, 0.15) is 0 Å². The van der Waals surface area contributed by atoms with Gasteiger partial charge in [0.2, 0.25) is 0 Å². The van der Waals surface area contributed by atoms with Crippen LogP contribution >= 0.6 is 24.4 Å². The van der Waals surface area contributed by atoms with E-state index in [-0.39, 0.29) is 0 Å². The van der Waals surface area contributed by atoms with Crippen LogP contribution in [0.3, 0.4) is 0 Å². The Morgan fingerprint density at radius 3 is 1.54 bits per heavy atom. The van der Waals surface area contributed by atoms with Gasteiger partial charge in [-0.2, -0.15) is 0 Å². The highest BCUT2D eigenvalue weighted by molar-refractivity contribution is 7.80. The first-order valence-corrected chi connectivity index (χ1v) is 8.57. The van der Waals surface area contributed by atoms with E-state index in [4.69, 9.17) is 24.4 Å². The predicted molar refractivity (Wildman–Crippen MR) is 111 cm³/mol. The molecule has 0 amide bonds. The van der Waals surface area contributed by atoms with E-state index in [1.165, 1.54) is 11.1 Å². The molecule has 0 atom stereocenters. The Balaban J connectivity index is 1.65. The van der Waals surface area contributed by atoms with Crippen LogP contribution in [0.4, 0.5) is 11.4 Å². The van der Waals surface area contributed by atoms with Gasteiger partial charge < -0.3 is 21.3 Å². The van der Waals surface area contributed by atoms with Gasteiger partial charge in [0, 0.05) is 24.5 Å². The number of hydrogen-bond acceptors (Lipinski definition) is 2. The highest BCUT2D eigenvalue weighted by Crippen LogP contribution is 2.09. The van der Waals surface area contributed by atoms with E-state index in [0.29, 0.717) is 23.3 Å². The lowest BCUT2D eigenvalue weighted by molar-refractivity contribution is 0.821. The topological polar surface area (TPSA) is 48.1 Å². The number of benzene rings is 2. The second-order valence-corrected chi connectivity index (χ2v) is 6.32. The molecule has 0 aliphatic heterocycles. The third kappa shape index (κ3) is 6.52. The van der Waals surface area contributed by atoms with Crippen LogP contribution in [0.15, 0.2) is 48.5 Å². The first-order valence-electron chi connectivity index (χ1n) is 7.76. The molecule has 0 heterocycles. The summed E-state index contributed by atoms with van der Waals surface area (Å²) in [5.41, 5.74) is 4.35. The minimum atomic E-state index is 0.597. The van der Waals surface area contributed by atoms with Crippen molar-refractivity contribution in [1.29, 1.82) is 0 Å². The highest BCUT2D eigenvalue weighted by atomic mass is 32.1. The summed E-state index contributed by atoms with van der Waals surface area (Å²) >= 11 is 10.6. The zero-order valence-corrected chi connectivity index (χ0v) is 15.5. The molecule has 2 aromatic rings. The molecule has 0 unspecified atom stereocenters. The van der Waals surface area contributed by atoms with Crippen LogP contribution in [0.25, 0.3) is 0 Å². The minimum Gasteiger partial charge on any atom is -0.361 e. The molecular formula is C18H22N4S2. The fourth-order valence-corrected chi connectivity index (χ4v) is 2.59. The third-order valence-corrected chi connectivity index (χ3v) is 3.74. The number of rotatable bonds is 5. The second-order valence-electron chi connectivity index (χ2n) is 5.50. The van der Waals surface area contributed by atoms with Crippen molar-refractivity contribution in [1.82, 2.24) is 10.6 Å². The van der Waals surface area contributed by atoms with E-state index in [0.717, 1.165) is 11.4 Å². The molecule has 0 saturated heterocycles. The van der Waals surface area contributed by atoms with E-state index < -0.39 is 0 Å². The SMILES string of the molecule is Cc1cccc(NC(=S)NCCNC(=S)Nc2cccc(C)c2)c1. The lowest BCUT2D eigenvalue weighted by Gasteiger charge is -2.13. The Morgan fingerprint density at radius 2 is 1.17 bits per heavy atom. The van der Waals surface area contributed by atoms with Crippen LogP contribution in [-0.2, 0) is 0 Å². The van der Waals surface area contributed by atoms with Crippen molar-refractivity contribution in [3.63, 3.8) is 0 Å². The summed E-state index contributed by atoms with van der Waals surface area (Å²) < 4.78 is 0. The van der Waals surface area contributed by atoms with Crippen LogP contribution in [0.2, 0.25) is 0 Å². The van der Waals surface area contributed by atoms with E-state index >= 15 is 0 Å². The number of anilines is 2. The highest BCUT2D eigenvalue weighted by Gasteiger charge is 1.99. The van der Waals surface area contributed by atoms with Crippen LogP contribution in [0, 0.1) is 13.8 Å². The van der Waals surface area contributed by atoms with Gasteiger partial charge in [-0.1, -0.05) is 24.3 Å². The standard InChI is InChI=1S/C18H22N4S2/c1-13-5-3-7-15(11-13)21-17(23)19-9-10-20-18(24)22-16-8-4-6-14(2)12-16/h3-8,11-12H,9-10H2,1-2H3,(H2,19,21,23)(H2,20,22,24). The smallest absolute Gasteiger partial charge is 0.170 e. The molecule has 0 aromatic heterocycles. The van der Waals surface area contributed by atoms with Crippen LogP contribution in [0.5, 0.6) is 0 Å². The van der Waals surface area contributed by atoms with Crippen molar-refractivity contribution in [3.8, 4) is 0 Å². The monoisotopic (exact) mass is 358 g/mol. The average molecular weight is 359 g/mol. The Bertz CT molecular complexity index is 654. The van der Waals surface area contributed by atoms with Gasteiger partial charge >= 0.3 is 0 Å². The molecule has 0 bridgehead atoms. The summed E-state index contributed by atoms with van der Waals surface area (Å²) in [6.45, 7) is 5.45. The fraction of sp³-hybridized carbons (Fsp3) is 0.222. The molecule has 0 fully saturated rings. The van der Waals surface area contributed by atoms with E-state index in [2.05, 4.69) is 21.3 Å². The van der Waals surface area contributed by atoms with Crippen molar-refractivity contribution in [2.45, 2.75) is 13.8 Å². The van der Waals surface area contributed by atoms with E-state index in [1.807, 2.05) is 62.4 Å². The molecule has 2 aromatic carbocycles. The Morgan fingerprint density at radius 1 is 0.750 bits per heavy atom. The largest absolute Gasteiger partial charge is 0.361 e. The lowest BCUT2D eigenvalue weighted by atomic mass is 10.2. The third-order valence-electron chi connectivity index (χ3n) is 3.25. The summed E-state index contributed by atoms with van der Waals surface area (Å²) in [6, 6.07) is 16.2. The zero-order valence-electron chi connectivity index (χ0n) is 13.8. The maximum absolute atomic E-state index is 5.28.